The van der Waals surface area contributed by atoms with Crippen LogP contribution in [0.2, 0.25) is 0 Å². The van der Waals surface area contributed by atoms with Crippen LogP contribution in [0.25, 0.3) is 0 Å². The first kappa shape index (κ1) is 17.4. The van der Waals surface area contributed by atoms with Crippen LogP contribution < -0.4 is 5.56 Å². The van der Waals surface area contributed by atoms with Crippen LogP contribution in [0.4, 0.5) is 0 Å². The van der Waals surface area contributed by atoms with E-state index in [0.717, 1.165) is 19.4 Å². The summed E-state index contributed by atoms with van der Waals surface area (Å²) in [7, 11) is 1.59. The number of benzene rings is 1. The molecule has 0 saturated carbocycles. The van der Waals surface area contributed by atoms with Crippen LogP contribution in [-0.4, -0.2) is 35.6 Å². The van der Waals surface area contributed by atoms with Gasteiger partial charge in [-0.1, -0.05) is 29.8 Å². The predicted molar refractivity (Wildman–Crippen MR) is 96.8 cm³/mol. The third-order valence-electron chi connectivity index (χ3n) is 4.71. The van der Waals surface area contributed by atoms with Crippen molar-refractivity contribution in [3.63, 3.8) is 0 Å². The minimum atomic E-state index is -0.120. The van der Waals surface area contributed by atoms with E-state index in [4.69, 9.17) is 4.74 Å². The molecule has 1 aromatic carbocycles. The van der Waals surface area contributed by atoms with Crippen LogP contribution in [0.5, 0.6) is 0 Å². The molecule has 5 nitrogen and oxygen atoms in total. The highest BCUT2D eigenvalue weighted by Gasteiger charge is 2.30. The Kier molecular flexibility index (Phi) is 5.34. The van der Waals surface area contributed by atoms with Gasteiger partial charge in [-0.25, -0.2) is 0 Å². The lowest BCUT2D eigenvalue weighted by Gasteiger charge is -2.25. The van der Waals surface area contributed by atoms with Gasteiger partial charge in [0.25, 0.3) is 11.5 Å². The molecule has 3 rings (SSSR count). The summed E-state index contributed by atoms with van der Waals surface area (Å²) < 4.78 is 6.57. The molecule has 132 valence electrons. The Labute approximate surface area is 147 Å². The molecular formula is C20H24N2O3. The largest absolute Gasteiger partial charge is 0.383 e. The Morgan fingerprint density at radius 1 is 1.28 bits per heavy atom. The second-order valence-corrected chi connectivity index (χ2v) is 6.51. The fourth-order valence-corrected chi connectivity index (χ4v) is 3.42. The highest BCUT2D eigenvalue weighted by atomic mass is 16.5. The Bertz CT molecular complexity index is 813. The van der Waals surface area contributed by atoms with E-state index in [0.29, 0.717) is 18.7 Å². The second kappa shape index (κ2) is 7.66. The molecule has 0 aliphatic carbocycles. The third kappa shape index (κ3) is 3.82. The van der Waals surface area contributed by atoms with E-state index in [1.165, 1.54) is 21.8 Å². The van der Waals surface area contributed by atoms with Gasteiger partial charge in [0.2, 0.25) is 0 Å². The lowest BCUT2D eigenvalue weighted by atomic mass is 10.0. The first-order valence-electron chi connectivity index (χ1n) is 8.67. The molecule has 0 unspecified atom stereocenters. The Morgan fingerprint density at radius 3 is 2.88 bits per heavy atom. The molecular weight excluding hydrogens is 316 g/mol. The van der Waals surface area contributed by atoms with E-state index in [9.17, 15) is 9.59 Å². The fourth-order valence-electron chi connectivity index (χ4n) is 3.42. The molecule has 1 aromatic heterocycles. The van der Waals surface area contributed by atoms with Crippen LogP contribution >= 0.6 is 0 Å². The lowest BCUT2D eigenvalue weighted by Crippen LogP contribution is -2.32. The van der Waals surface area contributed by atoms with Crippen LogP contribution in [-0.2, 0) is 11.3 Å². The van der Waals surface area contributed by atoms with Crippen LogP contribution in [0.3, 0.4) is 0 Å². The summed E-state index contributed by atoms with van der Waals surface area (Å²) in [5, 5.41) is 0. The maximum atomic E-state index is 13.0. The van der Waals surface area contributed by atoms with Gasteiger partial charge in [-0.3, -0.25) is 9.59 Å². The summed E-state index contributed by atoms with van der Waals surface area (Å²) in [6.45, 7) is 3.69. The molecule has 0 spiro atoms. The van der Waals surface area contributed by atoms with Gasteiger partial charge in [0.1, 0.15) is 0 Å². The van der Waals surface area contributed by atoms with Crippen molar-refractivity contribution < 1.29 is 9.53 Å². The minimum Gasteiger partial charge on any atom is -0.383 e. The van der Waals surface area contributed by atoms with Crippen molar-refractivity contribution in [2.75, 3.05) is 20.3 Å². The molecule has 5 heteroatoms. The summed E-state index contributed by atoms with van der Waals surface area (Å²) in [5.74, 6) is -0.0184. The van der Waals surface area contributed by atoms with Gasteiger partial charge in [-0.15, -0.1) is 0 Å². The number of likely N-dealkylation sites (tertiary alicyclic amines) is 1. The molecule has 1 fully saturated rings. The third-order valence-corrected chi connectivity index (χ3v) is 4.71. The molecule has 2 heterocycles. The number of carbonyl (C=O) groups excluding carboxylic acids is 1. The summed E-state index contributed by atoms with van der Waals surface area (Å²) >= 11 is 0. The predicted octanol–water partition coefficient (Wildman–Crippen LogP) is 2.78. The molecule has 1 atom stereocenters. The number of aryl methyl sites for hydroxylation is 1. The van der Waals surface area contributed by atoms with Crippen LogP contribution in [0, 0.1) is 6.92 Å². The summed E-state index contributed by atoms with van der Waals surface area (Å²) in [6.07, 6.45) is 3.61. The molecule has 1 aliphatic heterocycles. The molecule has 0 N–H and O–H groups in total. The van der Waals surface area contributed by atoms with Crippen molar-refractivity contribution in [2.45, 2.75) is 32.4 Å². The quantitative estimate of drug-likeness (QED) is 0.841. The number of hydrogen-bond acceptors (Lipinski definition) is 3. The summed E-state index contributed by atoms with van der Waals surface area (Å²) in [5.41, 5.74) is 2.81. The lowest BCUT2D eigenvalue weighted by molar-refractivity contribution is 0.0734. The molecule has 0 bridgehead atoms. The van der Waals surface area contributed by atoms with Crippen molar-refractivity contribution in [1.29, 1.82) is 0 Å². The van der Waals surface area contributed by atoms with E-state index < -0.39 is 0 Å². The van der Waals surface area contributed by atoms with E-state index in [1.807, 2.05) is 11.0 Å². The van der Waals surface area contributed by atoms with E-state index in [1.54, 1.807) is 19.4 Å². The first-order valence-corrected chi connectivity index (χ1v) is 8.67. The van der Waals surface area contributed by atoms with Crippen LogP contribution in [0.15, 0.2) is 47.4 Å². The van der Waals surface area contributed by atoms with Crippen molar-refractivity contribution in [2.24, 2.45) is 0 Å². The van der Waals surface area contributed by atoms with Gasteiger partial charge in [0, 0.05) is 32.5 Å². The number of hydrogen-bond donors (Lipinski definition) is 0. The van der Waals surface area contributed by atoms with Gasteiger partial charge in [0.05, 0.1) is 18.2 Å². The zero-order valence-corrected chi connectivity index (χ0v) is 14.8. The molecule has 1 amide bonds. The molecule has 1 aliphatic rings. The Morgan fingerprint density at radius 2 is 2.12 bits per heavy atom. The standard InChI is InChI=1S/C20H24N2O3/c1-15-5-3-6-16(13-15)18-7-4-10-22(18)20(24)17-8-9-19(23)21(14-17)11-12-25-2/h3,5-6,8-9,13-14,18H,4,7,10-12H2,1-2H3/t18-/m0/s1. The maximum Gasteiger partial charge on any atom is 0.255 e. The molecule has 25 heavy (non-hydrogen) atoms. The van der Waals surface area contributed by atoms with Gasteiger partial charge in [0.15, 0.2) is 0 Å². The minimum absolute atomic E-state index is 0.0184. The summed E-state index contributed by atoms with van der Waals surface area (Å²) in [4.78, 5) is 26.9. The second-order valence-electron chi connectivity index (χ2n) is 6.51. The molecule has 1 saturated heterocycles. The smallest absolute Gasteiger partial charge is 0.255 e. The van der Waals surface area contributed by atoms with E-state index in [2.05, 4.69) is 25.1 Å². The normalized spacial score (nSPS) is 17.0. The number of rotatable bonds is 5. The van der Waals surface area contributed by atoms with Crippen molar-refractivity contribution in [1.82, 2.24) is 9.47 Å². The van der Waals surface area contributed by atoms with Gasteiger partial charge in [-0.2, -0.15) is 0 Å². The van der Waals surface area contributed by atoms with E-state index in [-0.39, 0.29) is 17.5 Å². The van der Waals surface area contributed by atoms with Gasteiger partial charge < -0.3 is 14.2 Å². The zero-order valence-electron chi connectivity index (χ0n) is 14.8. The number of carbonyl (C=O) groups is 1. The number of pyridine rings is 1. The number of nitrogens with zero attached hydrogens (tertiary/aromatic N) is 2. The SMILES string of the molecule is COCCn1cc(C(=O)N2CCC[C@H]2c2cccc(C)c2)ccc1=O. The number of aromatic nitrogens is 1. The fraction of sp³-hybridized carbons (Fsp3) is 0.400. The first-order chi connectivity index (χ1) is 12.1. The Hall–Kier alpha value is -2.40. The van der Waals surface area contributed by atoms with E-state index >= 15 is 0 Å². The zero-order chi connectivity index (χ0) is 17.8. The number of ether oxygens (including phenoxy) is 1. The van der Waals surface area contributed by atoms with Crippen molar-refractivity contribution in [3.05, 3.63) is 69.6 Å². The average molecular weight is 340 g/mol. The molecule has 0 radical (unpaired) electrons. The van der Waals surface area contributed by atoms with Gasteiger partial charge >= 0.3 is 0 Å². The topological polar surface area (TPSA) is 51.5 Å². The summed E-state index contributed by atoms with van der Waals surface area (Å²) in [6, 6.07) is 11.5. The Balaban J connectivity index is 1.85. The molecule has 2 aromatic rings. The van der Waals surface area contributed by atoms with Gasteiger partial charge in [-0.05, 0) is 31.4 Å². The number of methoxy groups -OCH3 is 1. The van der Waals surface area contributed by atoms with Crippen LogP contribution in [0.1, 0.15) is 40.4 Å². The van der Waals surface area contributed by atoms with Crippen molar-refractivity contribution in [3.8, 4) is 0 Å². The van der Waals surface area contributed by atoms with Crippen molar-refractivity contribution >= 4 is 5.91 Å². The maximum absolute atomic E-state index is 13.0. The average Bonchev–Trinajstić information content (AvgIpc) is 3.10. The highest BCUT2D eigenvalue weighted by Crippen LogP contribution is 2.33. The number of amides is 1. The monoisotopic (exact) mass is 340 g/mol. The highest BCUT2D eigenvalue weighted by molar-refractivity contribution is 5.94.